The van der Waals surface area contributed by atoms with Gasteiger partial charge in [-0.3, -0.25) is 4.79 Å². The van der Waals surface area contributed by atoms with Gasteiger partial charge in [0.25, 0.3) is 0 Å². The quantitative estimate of drug-likeness (QED) is 0.878. The van der Waals surface area contributed by atoms with E-state index in [1.54, 1.807) is 0 Å². The van der Waals surface area contributed by atoms with E-state index in [1.807, 2.05) is 29.2 Å². The van der Waals surface area contributed by atoms with Gasteiger partial charge in [-0.05, 0) is 39.9 Å². The van der Waals surface area contributed by atoms with Crippen molar-refractivity contribution in [3.05, 3.63) is 28.7 Å². The zero-order chi connectivity index (χ0) is 13.9. The summed E-state index contributed by atoms with van der Waals surface area (Å²) in [5.74, 6) is 2.32. The summed E-state index contributed by atoms with van der Waals surface area (Å²) >= 11 is 3.44. The molecule has 0 aromatic heterocycles. The highest BCUT2D eigenvalue weighted by atomic mass is 79.9. The van der Waals surface area contributed by atoms with Gasteiger partial charge in [0.2, 0.25) is 5.91 Å². The molecule has 2 aliphatic rings. The Morgan fingerprint density at radius 2 is 1.95 bits per heavy atom. The topological polar surface area (TPSA) is 41.6 Å². The summed E-state index contributed by atoms with van der Waals surface area (Å²) in [6.07, 6.45) is 0.453. The van der Waals surface area contributed by atoms with Crippen LogP contribution < -0.4 is 10.1 Å². The Morgan fingerprint density at radius 3 is 2.62 bits per heavy atom. The van der Waals surface area contributed by atoms with Crippen molar-refractivity contribution in [2.75, 3.05) is 32.8 Å². The van der Waals surface area contributed by atoms with Gasteiger partial charge in [-0.1, -0.05) is 12.1 Å². The van der Waals surface area contributed by atoms with Gasteiger partial charge < -0.3 is 15.0 Å². The number of hydrogen-bond donors (Lipinski definition) is 1. The van der Waals surface area contributed by atoms with Crippen molar-refractivity contribution in [2.45, 2.75) is 6.42 Å². The fourth-order valence-corrected chi connectivity index (χ4v) is 3.43. The number of amides is 1. The second-order valence-corrected chi connectivity index (χ2v) is 6.36. The van der Waals surface area contributed by atoms with Crippen LogP contribution in [0.5, 0.6) is 5.75 Å². The summed E-state index contributed by atoms with van der Waals surface area (Å²) in [4.78, 5) is 14.2. The Labute approximate surface area is 139 Å². The molecule has 2 atom stereocenters. The fraction of sp³-hybridized carbons (Fsp3) is 0.533. The SMILES string of the molecule is Cl.O=C(CCOc1ccccc1Br)N1C[C@H]2CNC[C@H]2C1. The van der Waals surface area contributed by atoms with Crippen molar-refractivity contribution in [2.24, 2.45) is 11.8 Å². The number of hydrogen-bond acceptors (Lipinski definition) is 3. The van der Waals surface area contributed by atoms with Crippen LogP contribution in [0.1, 0.15) is 6.42 Å². The van der Waals surface area contributed by atoms with Crippen molar-refractivity contribution in [1.29, 1.82) is 0 Å². The number of ether oxygens (including phenoxy) is 1. The van der Waals surface area contributed by atoms with Gasteiger partial charge in [0.15, 0.2) is 0 Å². The van der Waals surface area contributed by atoms with Crippen LogP contribution in [0, 0.1) is 11.8 Å². The molecule has 2 saturated heterocycles. The lowest BCUT2D eigenvalue weighted by Crippen LogP contribution is -2.32. The summed E-state index contributed by atoms with van der Waals surface area (Å²) in [5.41, 5.74) is 0. The largest absolute Gasteiger partial charge is 0.492 e. The summed E-state index contributed by atoms with van der Waals surface area (Å²) in [6.45, 7) is 4.37. The molecule has 0 bridgehead atoms. The lowest BCUT2D eigenvalue weighted by atomic mass is 10.0. The molecule has 1 aromatic rings. The third-order valence-corrected chi connectivity index (χ3v) is 4.81. The Hall–Kier alpha value is -0.780. The number of benzene rings is 1. The molecule has 3 rings (SSSR count). The predicted molar refractivity (Wildman–Crippen MR) is 87.9 cm³/mol. The van der Waals surface area contributed by atoms with E-state index in [-0.39, 0.29) is 18.3 Å². The molecule has 2 aliphatic heterocycles. The summed E-state index contributed by atoms with van der Waals surface area (Å²) < 4.78 is 6.58. The molecule has 0 radical (unpaired) electrons. The smallest absolute Gasteiger partial charge is 0.226 e. The molecule has 6 heteroatoms. The molecule has 4 nitrogen and oxygen atoms in total. The number of para-hydroxylation sites is 1. The van der Waals surface area contributed by atoms with Crippen LogP contribution in [-0.4, -0.2) is 43.6 Å². The number of nitrogens with zero attached hydrogens (tertiary/aromatic N) is 1. The number of rotatable bonds is 4. The Morgan fingerprint density at radius 1 is 1.29 bits per heavy atom. The van der Waals surface area contributed by atoms with E-state index in [0.717, 1.165) is 36.4 Å². The summed E-state index contributed by atoms with van der Waals surface area (Å²) in [7, 11) is 0. The van der Waals surface area contributed by atoms with E-state index in [0.29, 0.717) is 24.9 Å². The highest BCUT2D eigenvalue weighted by molar-refractivity contribution is 9.10. The first-order valence-electron chi connectivity index (χ1n) is 7.10. The van der Waals surface area contributed by atoms with E-state index in [9.17, 15) is 4.79 Å². The van der Waals surface area contributed by atoms with Crippen molar-refractivity contribution in [1.82, 2.24) is 10.2 Å². The number of fused-ring (bicyclic) bond motifs is 1. The molecule has 0 unspecified atom stereocenters. The molecule has 2 heterocycles. The second kappa shape index (κ2) is 7.47. The van der Waals surface area contributed by atoms with E-state index in [2.05, 4.69) is 21.2 Å². The maximum absolute atomic E-state index is 12.2. The second-order valence-electron chi connectivity index (χ2n) is 5.51. The van der Waals surface area contributed by atoms with Gasteiger partial charge in [0.05, 0.1) is 17.5 Å². The van der Waals surface area contributed by atoms with Crippen molar-refractivity contribution >= 4 is 34.2 Å². The standard InChI is InChI=1S/C15H19BrN2O2.ClH/c16-13-3-1-2-4-14(13)20-6-5-15(19)18-9-11-7-17-8-12(11)10-18;/h1-4,11-12,17H,5-10H2;1H/t11-,12+;. The number of carbonyl (C=O) groups is 1. The van der Waals surface area contributed by atoms with Gasteiger partial charge in [-0.25, -0.2) is 0 Å². The van der Waals surface area contributed by atoms with Crippen LogP contribution in [0.2, 0.25) is 0 Å². The molecule has 0 spiro atoms. The average Bonchev–Trinajstić information content (AvgIpc) is 3.01. The minimum atomic E-state index is 0. The normalized spacial score (nSPS) is 23.6. The molecule has 1 amide bonds. The van der Waals surface area contributed by atoms with Gasteiger partial charge >= 0.3 is 0 Å². The van der Waals surface area contributed by atoms with E-state index < -0.39 is 0 Å². The maximum atomic E-state index is 12.2. The molecule has 21 heavy (non-hydrogen) atoms. The van der Waals surface area contributed by atoms with Crippen LogP contribution in [0.25, 0.3) is 0 Å². The highest BCUT2D eigenvalue weighted by Gasteiger charge is 2.37. The Balaban J connectivity index is 0.00000161. The number of halogens is 2. The molecule has 0 aliphatic carbocycles. The van der Waals surface area contributed by atoms with Gasteiger partial charge in [-0.15, -0.1) is 12.4 Å². The highest BCUT2D eigenvalue weighted by Crippen LogP contribution is 2.27. The fourth-order valence-electron chi connectivity index (χ4n) is 3.03. The minimum absolute atomic E-state index is 0. The van der Waals surface area contributed by atoms with Crippen molar-refractivity contribution in [3.8, 4) is 5.75 Å². The zero-order valence-corrected chi connectivity index (χ0v) is 14.2. The summed E-state index contributed by atoms with van der Waals surface area (Å²) in [6, 6.07) is 7.71. The van der Waals surface area contributed by atoms with Crippen molar-refractivity contribution < 1.29 is 9.53 Å². The van der Waals surface area contributed by atoms with Crippen LogP contribution in [0.4, 0.5) is 0 Å². The molecular weight excluding hydrogens is 356 g/mol. The molecular formula is C15H20BrClN2O2. The minimum Gasteiger partial charge on any atom is -0.492 e. The first-order valence-corrected chi connectivity index (χ1v) is 7.89. The first-order chi connectivity index (χ1) is 9.74. The Bertz CT molecular complexity index is 488. The predicted octanol–water partition coefficient (Wildman–Crippen LogP) is 2.32. The van der Waals surface area contributed by atoms with Crippen molar-refractivity contribution in [3.63, 3.8) is 0 Å². The zero-order valence-electron chi connectivity index (χ0n) is 11.8. The van der Waals surface area contributed by atoms with E-state index in [4.69, 9.17) is 4.74 Å². The van der Waals surface area contributed by atoms with E-state index in [1.165, 1.54) is 0 Å². The van der Waals surface area contributed by atoms with Crippen LogP contribution >= 0.6 is 28.3 Å². The van der Waals surface area contributed by atoms with Crippen LogP contribution in [0.15, 0.2) is 28.7 Å². The lowest BCUT2D eigenvalue weighted by molar-refractivity contribution is -0.130. The lowest BCUT2D eigenvalue weighted by Gasteiger charge is -2.17. The van der Waals surface area contributed by atoms with E-state index >= 15 is 0 Å². The monoisotopic (exact) mass is 374 g/mol. The Kier molecular flexibility index (Phi) is 5.90. The molecule has 2 fully saturated rings. The third kappa shape index (κ3) is 3.90. The molecule has 1 aromatic carbocycles. The van der Waals surface area contributed by atoms with Crippen LogP contribution in [-0.2, 0) is 4.79 Å². The number of nitrogens with one attached hydrogen (secondary N) is 1. The maximum Gasteiger partial charge on any atom is 0.226 e. The number of carbonyl (C=O) groups excluding carboxylic acids is 1. The number of likely N-dealkylation sites (tertiary alicyclic amines) is 1. The third-order valence-electron chi connectivity index (χ3n) is 4.15. The first kappa shape index (κ1) is 16.6. The summed E-state index contributed by atoms with van der Waals surface area (Å²) in [5, 5.41) is 3.39. The van der Waals surface area contributed by atoms with Gasteiger partial charge in [0, 0.05) is 26.2 Å². The van der Waals surface area contributed by atoms with Gasteiger partial charge in [-0.2, -0.15) is 0 Å². The van der Waals surface area contributed by atoms with Crippen LogP contribution in [0.3, 0.4) is 0 Å². The molecule has 1 N–H and O–H groups in total. The molecule has 116 valence electrons. The molecule has 0 saturated carbocycles. The van der Waals surface area contributed by atoms with Gasteiger partial charge in [0.1, 0.15) is 5.75 Å². The average molecular weight is 376 g/mol.